The zero-order valence-corrected chi connectivity index (χ0v) is 18.4. The van der Waals surface area contributed by atoms with E-state index >= 15 is 0 Å². The van der Waals surface area contributed by atoms with Crippen LogP contribution in [0.25, 0.3) is 0 Å². The molecule has 1 aromatic heterocycles. The summed E-state index contributed by atoms with van der Waals surface area (Å²) < 4.78 is 21.4. The van der Waals surface area contributed by atoms with Gasteiger partial charge in [0.15, 0.2) is 5.78 Å². The number of furan rings is 1. The van der Waals surface area contributed by atoms with Gasteiger partial charge in [0.1, 0.15) is 28.9 Å². The van der Waals surface area contributed by atoms with E-state index in [0.29, 0.717) is 34.1 Å². The number of hydrogen-bond acceptors (Lipinski definition) is 7. The average molecular weight is 449 g/mol. The van der Waals surface area contributed by atoms with Crippen molar-refractivity contribution < 1.29 is 33.0 Å². The predicted octanol–water partition coefficient (Wildman–Crippen LogP) is 3.46. The Morgan fingerprint density at radius 2 is 1.64 bits per heavy atom. The highest BCUT2D eigenvalue weighted by Gasteiger charge is 2.52. The molecule has 2 atom stereocenters. The number of benzene rings is 2. The van der Waals surface area contributed by atoms with Gasteiger partial charge in [-0.25, -0.2) is 0 Å². The molecule has 2 aromatic carbocycles. The summed E-state index contributed by atoms with van der Waals surface area (Å²) in [7, 11) is 4.52. The van der Waals surface area contributed by atoms with Crippen LogP contribution in [-0.4, -0.2) is 43.7 Å². The van der Waals surface area contributed by atoms with E-state index in [9.17, 15) is 14.4 Å². The van der Waals surface area contributed by atoms with Gasteiger partial charge in [-0.2, -0.15) is 0 Å². The van der Waals surface area contributed by atoms with Crippen molar-refractivity contribution in [2.45, 2.75) is 12.6 Å². The molecule has 8 nitrogen and oxygen atoms in total. The van der Waals surface area contributed by atoms with Gasteiger partial charge in [0.25, 0.3) is 5.91 Å². The predicted molar refractivity (Wildman–Crippen MR) is 117 cm³/mol. The third-order valence-electron chi connectivity index (χ3n) is 5.72. The summed E-state index contributed by atoms with van der Waals surface area (Å²) in [6.45, 7) is 0.0228. The van der Waals surface area contributed by atoms with Crippen LogP contribution in [0, 0.1) is 5.92 Å². The van der Waals surface area contributed by atoms with Crippen molar-refractivity contribution in [3.8, 4) is 17.2 Å². The van der Waals surface area contributed by atoms with E-state index in [0.717, 1.165) is 0 Å². The van der Waals surface area contributed by atoms with E-state index in [4.69, 9.17) is 18.6 Å². The van der Waals surface area contributed by atoms with Gasteiger partial charge in [-0.05, 0) is 54.6 Å². The molecule has 8 heteroatoms. The molecule has 1 amide bonds. The number of carbonyl (C=O) groups excluding carboxylic acids is 3. The lowest BCUT2D eigenvalue weighted by atomic mass is 9.85. The van der Waals surface area contributed by atoms with Crippen LogP contribution < -0.4 is 14.2 Å². The smallest absolute Gasteiger partial charge is 0.291 e. The van der Waals surface area contributed by atoms with Gasteiger partial charge in [0.05, 0.1) is 40.2 Å². The maximum absolute atomic E-state index is 13.6. The largest absolute Gasteiger partial charge is 0.497 e. The number of ether oxygens (including phenoxy) is 3. The Balaban J connectivity index is 1.83. The fourth-order valence-corrected chi connectivity index (χ4v) is 4.08. The van der Waals surface area contributed by atoms with Crippen molar-refractivity contribution in [2.24, 2.45) is 5.92 Å². The fraction of sp³-hybridized carbons (Fsp3) is 0.240. The van der Waals surface area contributed by atoms with Gasteiger partial charge in [-0.1, -0.05) is 0 Å². The molecule has 33 heavy (non-hydrogen) atoms. The first kappa shape index (κ1) is 22.1. The number of amides is 1. The zero-order chi connectivity index (χ0) is 23.5. The van der Waals surface area contributed by atoms with Crippen LogP contribution in [0.4, 0.5) is 0 Å². The number of Topliss-reactive ketones (excluding diaryl/α,β-unsaturated/α-hetero) is 2. The number of ketones is 2. The number of rotatable bonds is 8. The highest BCUT2D eigenvalue weighted by molar-refractivity contribution is 6.44. The SMILES string of the molecule is COc1ccc(C(=O)C2C(=O)C(=O)N(Cc3ccco3)C2c2cc(OC)ccc2OC)cc1. The van der Waals surface area contributed by atoms with E-state index in [1.165, 1.54) is 32.5 Å². The second-order valence-electron chi connectivity index (χ2n) is 7.50. The lowest BCUT2D eigenvalue weighted by molar-refractivity contribution is -0.141. The number of nitrogens with zero attached hydrogens (tertiary/aromatic N) is 1. The fourth-order valence-electron chi connectivity index (χ4n) is 4.08. The van der Waals surface area contributed by atoms with E-state index < -0.39 is 29.4 Å². The lowest BCUT2D eigenvalue weighted by Gasteiger charge is -2.28. The first-order valence-corrected chi connectivity index (χ1v) is 10.3. The quantitative estimate of drug-likeness (QED) is 0.295. The third kappa shape index (κ3) is 4.07. The summed E-state index contributed by atoms with van der Waals surface area (Å²) in [6, 6.07) is 14.0. The first-order chi connectivity index (χ1) is 16.0. The van der Waals surface area contributed by atoms with Crippen molar-refractivity contribution in [1.29, 1.82) is 0 Å². The molecule has 1 aliphatic rings. The summed E-state index contributed by atoms with van der Waals surface area (Å²) in [6.07, 6.45) is 1.48. The van der Waals surface area contributed by atoms with Crippen LogP contribution in [-0.2, 0) is 16.1 Å². The Morgan fingerprint density at radius 1 is 0.939 bits per heavy atom. The molecule has 0 radical (unpaired) electrons. The topological polar surface area (TPSA) is 95.3 Å². The van der Waals surface area contributed by atoms with Crippen LogP contribution in [0.5, 0.6) is 17.2 Å². The molecule has 0 spiro atoms. The van der Waals surface area contributed by atoms with Crippen molar-refractivity contribution in [3.05, 3.63) is 77.7 Å². The molecule has 4 rings (SSSR count). The molecular weight excluding hydrogens is 426 g/mol. The highest BCUT2D eigenvalue weighted by Crippen LogP contribution is 2.43. The Morgan fingerprint density at radius 3 is 2.24 bits per heavy atom. The minimum absolute atomic E-state index is 0.0228. The van der Waals surface area contributed by atoms with Gasteiger partial charge in [0, 0.05) is 11.1 Å². The molecule has 3 aromatic rings. The summed E-state index contributed by atoms with van der Waals surface area (Å²) in [5.74, 6) is -1.27. The van der Waals surface area contributed by atoms with E-state index in [2.05, 4.69) is 0 Å². The van der Waals surface area contributed by atoms with Crippen molar-refractivity contribution in [3.63, 3.8) is 0 Å². The monoisotopic (exact) mass is 449 g/mol. The van der Waals surface area contributed by atoms with Gasteiger partial charge >= 0.3 is 0 Å². The normalized spacial score (nSPS) is 17.8. The maximum Gasteiger partial charge on any atom is 0.291 e. The molecular formula is C25H23NO7. The highest BCUT2D eigenvalue weighted by atomic mass is 16.5. The Hall–Kier alpha value is -4.07. The minimum Gasteiger partial charge on any atom is -0.497 e. The Bertz CT molecular complexity index is 1170. The molecule has 0 saturated carbocycles. The van der Waals surface area contributed by atoms with Gasteiger partial charge in [-0.3, -0.25) is 14.4 Å². The number of hydrogen-bond donors (Lipinski definition) is 0. The molecule has 0 bridgehead atoms. The number of likely N-dealkylation sites (tertiary alicyclic amines) is 1. The first-order valence-electron chi connectivity index (χ1n) is 10.3. The van der Waals surface area contributed by atoms with Gasteiger partial charge < -0.3 is 23.5 Å². The molecule has 1 aliphatic heterocycles. The Labute approximate surface area is 190 Å². The van der Waals surface area contributed by atoms with Crippen LogP contribution in [0.2, 0.25) is 0 Å². The van der Waals surface area contributed by atoms with Crippen LogP contribution in [0.15, 0.2) is 65.3 Å². The van der Waals surface area contributed by atoms with Crippen molar-refractivity contribution in [1.82, 2.24) is 4.90 Å². The standard InChI is InChI=1S/C25H23NO7/c1-30-16-8-6-15(7-9-16)23(27)21-22(19-13-17(31-2)10-11-20(19)32-3)26(25(29)24(21)28)14-18-5-4-12-33-18/h4-13,21-22H,14H2,1-3H3. The summed E-state index contributed by atoms with van der Waals surface area (Å²) >= 11 is 0. The minimum atomic E-state index is -1.26. The Kier molecular flexibility index (Phi) is 6.17. The molecule has 2 heterocycles. The van der Waals surface area contributed by atoms with E-state index in [1.807, 2.05) is 0 Å². The third-order valence-corrected chi connectivity index (χ3v) is 5.72. The van der Waals surface area contributed by atoms with Crippen molar-refractivity contribution >= 4 is 17.5 Å². The van der Waals surface area contributed by atoms with E-state index in [1.54, 1.807) is 54.6 Å². The van der Waals surface area contributed by atoms with Crippen LogP contribution in [0.3, 0.4) is 0 Å². The summed E-state index contributed by atoms with van der Waals surface area (Å²) in [5.41, 5.74) is 0.795. The number of carbonyl (C=O) groups is 3. The van der Waals surface area contributed by atoms with Crippen molar-refractivity contribution in [2.75, 3.05) is 21.3 Å². The molecule has 2 unspecified atom stereocenters. The molecule has 0 aliphatic carbocycles. The maximum atomic E-state index is 13.6. The summed E-state index contributed by atoms with van der Waals surface area (Å²) in [5, 5.41) is 0. The second kappa shape index (κ2) is 9.20. The molecule has 170 valence electrons. The second-order valence-corrected chi connectivity index (χ2v) is 7.50. The summed E-state index contributed by atoms with van der Waals surface area (Å²) in [4.78, 5) is 41.2. The van der Waals surface area contributed by atoms with Crippen LogP contribution in [0.1, 0.15) is 27.7 Å². The lowest BCUT2D eigenvalue weighted by Crippen LogP contribution is -2.30. The van der Waals surface area contributed by atoms with Crippen LogP contribution >= 0.6 is 0 Å². The molecule has 1 saturated heterocycles. The molecule has 1 fully saturated rings. The number of methoxy groups -OCH3 is 3. The van der Waals surface area contributed by atoms with Gasteiger partial charge in [0.2, 0.25) is 5.78 Å². The zero-order valence-electron chi connectivity index (χ0n) is 18.4. The van der Waals surface area contributed by atoms with E-state index in [-0.39, 0.29) is 6.54 Å². The van der Waals surface area contributed by atoms with Gasteiger partial charge in [-0.15, -0.1) is 0 Å². The molecule has 0 N–H and O–H groups in total. The average Bonchev–Trinajstić information content (AvgIpc) is 3.45.